The fourth-order valence-corrected chi connectivity index (χ4v) is 2.94. The maximum atomic E-state index is 12.8. The van der Waals surface area contributed by atoms with E-state index in [2.05, 4.69) is 5.32 Å². The number of aliphatic carboxylic acids is 1. The van der Waals surface area contributed by atoms with Crippen LogP contribution in [0.15, 0.2) is 18.2 Å². The lowest BCUT2D eigenvalue weighted by molar-refractivity contribution is -0.142. The van der Waals surface area contributed by atoms with E-state index in [1.165, 1.54) is 7.05 Å². The van der Waals surface area contributed by atoms with Crippen LogP contribution in [-0.2, 0) is 32.2 Å². The van der Waals surface area contributed by atoms with Crippen molar-refractivity contribution in [2.75, 3.05) is 12.8 Å². The van der Waals surface area contributed by atoms with E-state index in [9.17, 15) is 41.4 Å². The molecule has 158 valence electrons. The number of halogens is 3. The van der Waals surface area contributed by atoms with Crippen LogP contribution in [0.4, 0.5) is 13.2 Å². The zero-order chi connectivity index (χ0) is 21.7. The van der Waals surface area contributed by atoms with Crippen LogP contribution in [-0.4, -0.2) is 55.4 Å². The number of alkyl halides is 3. The molecular formula is C15H20F3N3O6S. The van der Waals surface area contributed by atoms with Gasteiger partial charge < -0.3 is 21.3 Å². The van der Waals surface area contributed by atoms with Crippen molar-refractivity contribution >= 4 is 21.9 Å². The van der Waals surface area contributed by atoms with E-state index in [1.54, 1.807) is 0 Å². The number of hydrogen-bond donors (Lipinski definition) is 5. The van der Waals surface area contributed by atoms with Crippen LogP contribution in [0.5, 0.6) is 5.75 Å². The summed E-state index contributed by atoms with van der Waals surface area (Å²) < 4.78 is 63.2. The van der Waals surface area contributed by atoms with Crippen molar-refractivity contribution in [2.24, 2.45) is 5.73 Å². The van der Waals surface area contributed by atoms with E-state index in [1.807, 2.05) is 4.72 Å². The van der Waals surface area contributed by atoms with Gasteiger partial charge in [0.2, 0.25) is 15.9 Å². The molecule has 0 aliphatic heterocycles. The summed E-state index contributed by atoms with van der Waals surface area (Å²) in [6, 6.07) is -0.503. The summed E-state index contributed by atoms with van der Waals surface area (Å²) in [4.78, 5) is 23.3. The van der Waals surface area contributed by atoms with Gasteiger partial charge in [0.05, 0.1) is 17.4 Å². The SMILES string of the molecule is CNS(=O)(=O)CC[C@H](N)C(=O)N[C@@H](Cc1ccc(O)c(C(F)(F)F)c1)C(=O)O. The van der Waals surface area contributed by atoms with Crippen LogP contribution in [0.3, 0.4) is 0 Å². The molecule has 1 aromatic carbocycles. The molecule has 1 amide bonds. The van der Waals surface area contributed by atoms with Crippen LogP contribution in [0.2, 0.25) is 0 Å². The number of carboxylic acids is 1. The average Bonchev–Trinajstić information content (AvgIpc) is 2.59. The molecule has 6 N–H and O–H groups in total. The van der Waals surface area contributed by atoms with Gasteiger partial charge in [-0.3, -0.25) is 4.79 Å². The highest BCUT2D eigenvalue weighted by Gasteiger charge is 2.34. The number of carbonyl (C=O) groups excluding carboxylic acids is 1. The van der Waals surface area contributed by atoms with Gasteiger partial charge in [-0.05, 0) is 31.2 Å². The maximum absolute atomic E-state index is 12.8. The fraction of sp³-hybridized carbons (Fsp3) is 0.467. The molecule has 0 fully saturated rings. The summed E-state index contributed by atoms with van der Waals surface area (Å²) in [5, 5.41) is 20.6. The third-order valence-electron chi connectivity index (χ3n) is 3.77. The number of phenols is 1. The minimum Gasteiger partial charge on any atom is -0.507 e. The Hall–Kier alpha value is -2.38. The molecule has 0 aromatic heterocycles. The van der Waals surface area contributed by atoms with Crippen molar-refractivity contribution in [3.63, 3.8) is 0 Å². The number of carboxylic acid groups (broad SMARTS) is 1. The Morgan fingerprint density at radius 2 is 1.89 bits per heavy atom. The van der Waals surface area contributed by atoms with Gasteiger partial charge in [0.1, 0.15) is 11.8 Å². The number of phenolic OH excluding ortho intramolecular Hbond substituents is 1. The summed E-state index contributed by atoms with van der Waals surface area (Å²) in [5.74, 6) is -3.97. The smallest absolute Gasteiger partial charge is 0.419 e. The van der Waals surface area contributed by atoms with Crippen molar-refractivity contribution < 1.29 is 41.4 Å². The van der Waals surface area contributed by atoms with E-state index >= 15 is 0 Å². The number of carbonyl (C=O) groups is 2. The zero-order valence-electron chi connectivity index (χ0n) is 14.7. The molecule has 0 heterocycles. The maximum Gasteiger partial charge on any atom is 0.419 e. The van der Waals surface area contributed by atoms with Crippen LogP contribution in [0.25, 0.3) is 0 Å². The van der Waals surface area contributed by atoms with Gasteiger partial charge in [-0.2, -0.15) is 13.2 Å². The highest BCUT2D eigenvalue weighted by Crippen LogP contribution is 2.36. The molecule has 0 saturated heterocycles. The topological polar surface area (TPSA) is 159 Å². The molecule has 2 atom stereocenters. The fourth-order valence-electron chi connectivity index (χ4n) is 2.17. The number of amides is 1. The van der Waals surface area contributed by atoms with Crippen molar-refractivity contribution in [3.05, 3.63) is 29.3 Å². The number of nitrogens with one attached hydrogen (secondary N) is 2. The Morgan fingerprint density at radius 3 is 2.39 bits per heavy atom. The molecule has 0 aliphatic rings. The Balaban J connectivity index is 2.87. The van der Waals surface area contributed by atoms with Crippen LogP contribution >= 0.6 is 0 Å². The largest absolute Gasteiger partial charge is 0.507 e. The number of hydrogen-bond acceptors (Lipinski definition) is 6. The molecule has 1 rings (SSSR count). The molecular weight excluding hydrogens is 407 g/mol. The molecule has 28 heavy (non-hydrogen) atoms. The summed E-state index contributed by atoms with van der Waals surface area (Å²) in [6.07, 6.45) is -5.64. The van der Waals surface area contributed by atoms with Gasteiger partial charge in [-0.15, -0.1) is 0 Å². The third kappa shape index (κ3) is 6.98. The average molecular weight is 427 g/mol. The van der Waals surface area contributed by atoms with Gasteiger partial charge in [0.25, 0.3) is 0 Å². The first-order chi connectivity index (χ1) is 12.8. The third-order valence-corrected chi connectivity index (χ3v) is 5.16. The highest BCUT2D eigenvalue weighted by molar-refractivity contribution is 7.89. The van der Waals surface area contributed by atoms with Gasteiger partial charge in [0.15, 0.2) is 0 Å². The monoisotopic (exact) mass is 427 g/mol. The minimum absolute atomic E-state index is 0.0934. The Kier molecular flexibility index (Phi) is 7.78. The summed E-state index contributed by atoms with van der Waals surface area (Å²) in [6.45, 7) is 0. The quantitative estimate of drug-likeness (QED) is 0.365. The van der Waals surface area contributed by atoms with Crippen molar-refractivity contribution in [2.45, 2.75) is 31.1 Å². The predicted octanol–water partition coefficient (Wildman–Crippen LogP) is -0.210. The van der Waals surface area contributed by atoms with Crippen LogP contribution in [0.1, 0.15) is 17.5 Å². The normalized spacial score (nSPS) is 14.3. The van der Waals surface area contributed by atoms with Crippen LogP contribution in [0, 0.1) is 0 Å². The molecule has 9 nitrogen and oxygen atoms in total. The van der Waals surface area contributed by atoms with Gasteiger partial charge in [-0.1, -0.05) is 6.07 Å². The van der Waals surface area contributed by atoms with E-state index in [4.69, 9.17) is 5.73 Å². The standard InChI is InChI=1S/C15H20F3N3O6S/c1-20-28(26,27)5-4-10(19)13(23)21-11(14(24)25)7-8-2-3-12(22)9(6-8)15(16,17)18/h2-3,6,10-11,20,22H,4-5,7,19H2,1H3,(H,21,23)(H,24,25)/t10-,11-/m0/s1. The van der Waals surface area contributed by atoms with Gasteiger partial charge in [-0.25, -0.2) is 17.9 Å². The van der Waals surface area contributed by atoms with E-state index in [-0.39, 0.29) is 12.0 Å². The summed E-state index contributed by atoms with van der Waals surface area (Å²) in [5.41, 5.74) is 4.11. The van der Waals surface area contributed by atoms with E-state index in [0.717, 1.165) is 12.1 Å². The number of sulfonamides is 1. The van der Waals surface area contributed by atoms with Crippen molar-refractivity contribution in [3.8, 4) is 5.75 Å². The highest BCUT2D eigenvalue weighted by atomic mass is 32.2. The second-order valence-corrected chi connectivity index (χ2v) is 7.92. The molecule has 0 bridgehead atoms. The lowest BCUT2D eigenvalue weighted by Gasteiger charge is -2.19. The molecule has 0 aliphatic carbocycles. The number of aromatic hydroxyl groups is 1. The number of benzene rings is 1. The van der Waals surface area contributed by atoms with Crippen LogP contribution < -0.4 is 15.8 Å². The first-order valence-electron chi connectivity index (χ1n) is 7.86. The second-order valence-electron chi connectivity index (χ2n) is 5.87. The summed E-state index contributed by atoms with van der Waals surface area (Å²) in [7, 11) is -2.45. The molecule has 0 saturated carbocycles. The molecule has 0 unspecified atom stereocenters. The minimum atomic E-state index is -4.84. The second kappa shape index (κ2) is 9.21. The summed E-state index contributed by atoms with van der Waals surface area (Å²) >= 11 is 0. The molecule has 0 spiro atoms. The van der Waals surface area contributed by atoms with Crippen molar-refractivity contribution in [1.29, 1.82) is 0 Å². The number of nitrogens with two attached hydrogens (primary N) is 1. The Labute approximate surface area is 158 Å². The van der Waals surface area contributed by atoms with Gasteiger partial charge in [0, 0.05) is 6.42 Å². The van der Waals surface area contributed by atoms with Gasteiger partial charge >= 0.3 is 12.1 Å². The molecule has 1 aromatic rings. The predicted molar refractivity (Wildman–Crippen MR) is 91.8 cm³/mol. The lowest BCUT2D eigenvalue weighted by atomic mass is 10.0. The lowest BCUT2D eigenvalue weighted by Crippen LogP contribution is -2.50. The first kappa shape index (κ1) is 23.7. The first-order valence-corrected chi connectivity index (χ1v) is 9.51. The molecule has 0 radical (unpaired) electrons. The number of rotatable bonds is 9. The van der Waals surface area contributed by atoms with E-state index in [0.29, 0.717) is 6.07 Å². The Morgan fingerprint density at radius 1 is 1.29 bits per heavy atom. The van der Waals surface area contributed by atoms with Crippen molar-refractivity contribution in [1.82, 2.24) is 10.0 Å². The molecule has 13 heteroatoms. The Bertz CT molecular complexity index is 829. The zero-order valence-corrected chi connectivity index (χ0v) is 15.5. The van der Waals surface area contributed by atoms with E-state index < -0.39 is 63.6 Å².